The van der Waals surface area contributed by atoms with Crippen molar-refractivity contribution < 1.29 is 14.3 Å². The fourth-order valence-corrected chi connectivity index (χ4v) is 0.980. The number of nitrogens with one attached hydrogen (secondary N) is 1. The van der Waals surface area contributed by atoms with Crippen molar-refractivity contribution in [1.29, 1.82) is 0 Å². The molecule has 0 atom stereocenters. The first kappa shape index (κ1) is 12.1. The molecule has 0 saturated carbocycles. The molecule has 0 aliphatic heterocycles. The number of hydrogen-bond donors (Lipinski definition) is 2. The third-order valence-electron chi connectivity index (χ3n) is 1.65. The molecule has 1 aromatic heterocycles. The van der Waals surface area contributed by atoms with Gasteiger partial charge >= 0.3 is 5.97 Å². The van der Waals surface area contributed by atoms with Crippen LogP contribution >= 0.6 is 0 Å². The van der Waals surface area contributed by atoms with Crippen LogP contribution in [0.15, 0.2) is 23.4 Å². The smallest absolute Gasteiger partial charge is 0.357 e. The first-order chi connectivity index (χ1) is 7.52. The van der Waals surface area contributed by atoms with Gasteiger partial charge in [-0.25, -0.2) is 9.78 Å². The number of carbonyl (C=O) groups is 1. The fraction of sp³-hybridized carbons (Fsp3) is 0.300. The number of carboxylic acid groups (broad SMARTS) is 1. The number of carboxylic acids is 1. The van der Waals surface area contributed by atoms with Crippen LogP contribution in [0.3, 0.4) is 0 Å². The minimum Gasteiger partial charge on any atom is -0.476 e. The first-order valence-electron chi connectivity index (χ1n) is 4.69. The highest BCUT2D eigenvalue weighted by atomic mass is 19.1. The van der Waals surface area contributed by atoms with E-state index in [0.717, 1.165) is 0 Å². The lowest BCUT2D eigenvalue weighted by Gasteiger charge is -2.06. The summed E-state index contributed by atoms with van der Waals surface area (Å²) in [4.78, 5) is 14.3. The van der Waals surface area contributed by atoms with Gasteiger partial charge in [-0.15, -0.1) is 0 Å². The van der Waals surface area contributed by atoms with Gasteiger partial charge in [-0.1, -0.05) is 0 Å². The molecule has 0 aliphatic rings. The van der Waals surface area contributed by atoms with Crippen LogP contribution in [0.1, 0.15) is 19.4 Å². The lowest BCUT2D eigenvalue weighted by molar-refractivity contribution is -0.129. The molecule has 6 heteroatoms. The summed E-state index contributed by atoms with van der Waals surface area (Å²) in [5.41, 5.74) is 2.04. The number of rotatable bonds is 4. The van der Waals surface area contributed by atoms with Crippen LogP contribution in [0.5, 0.6) is 0 Å². The molecule has 2 N–H and O–H groups in total. The average Bonchev–Trinajstić information content (AvgIpc) is 2.20. The van der Waals surface area contributed by atoms with Gasteiger partial charge in [0.05, 0.1) is 5.56 Å². The Kier molecular flexibility index (Phi) is 3.93. The van der Waals surface area contributed by atoms with Crippen molar-refractivity contribution in [3.8, 4) is 0 Å². The lowest BCUT2D eigenvalue weighted by Crippen LogP contribution is -2.24. The van der Waals surface area contributed by atoms with Crippen LogP contribution in [0, 0.1) is 5.95 Å². The fourth-order valence-electron chi connectivity index (χ4n) is 0.980. The van der Waals surface area contributed by atoms with Crippen molar-refractivity contribution in [1.82, 2.24) is 10.4 Å². The molecule has 0 aromatic carbocycles. The summed E-state index contributed by atoms with van der Waals surface area (Å²) in [5.74, 6) is -2.16. The number of halogens is 1. The normalized spacial score (nSPS) is 11.6. The molecule has 0 amide bonds. The molecule has 0 bridgehead atoms. The van der Waals surface area contributed by atoms with Crippen LogP contribution in [0.2, 0.25) is 0 Å². The number of aliphatic carboxylic acids is 1. The highest BCUT2D eigenvalue weighted by Crippen LogP contribution is 2.05. The Hall–Kier alpha value is -1.98. The van der Waals surface area contributed by atoms with Crippen molar-refractivity contribution >= 4 is 11.7 Å². The van der Waals surface area contributed by atoms with E-state index in [2.05, 4.69) is 15.5 Å². The van der Waals surface area contributed by atoms with Gasteiger partial charge in [0.2, 0.25) is 5.95 Å². The molecule has 1 aromatic rings. The SMILES string of the molecule is CC(C)NN=C(C(=O)O)c1cccnc1F. The Balaban J connectivity index is 3.08. The zero-order valence-electron chi connectivity index (χ0n) is 8.94. The summed E-state index contributed by atoms with van der Waals surface area (Å²) < 4.78 is 13.2. The maximum absolute atomic E-state index is 13.2. The first-order valence-corrected chi connectivity index (χ1v) is 4.69. The molecular weight excluding hydrogens is 213 g/mol. The number of nitrogens with zero attached hydrogens (tertiary/aromatic N) is 2. The minimum absolute atomic E-state index is 0.0333. The maximum Gasteiger partial charge on any atom is 0.357 e. The summed E-state index contributed by atoms with van der Waals surface area (Å²) in [6.07, 6.45) is 1.24. The van der Waals surface area contributed by atoms with Gasteiger partial charge in [0.25, 0.3) is 0 Å². The summed E-state index contributed by atoms with van der Waals surface area (Å²) in [6.45, 7) is 3.59. The largest absolute Gasteiger partial charge is 0.476 e. The number of hydrogen-bond acceptors (Lipinski definition) is 4. The van der Waals surface area contributed by atoms with Gasteiger partial charge in [0.15, 0.2) is 5.71 Å². The van der Waals surface area contributed by atoms with Crippen molar-refractivity contribution in [2.45, 2.75) is 19.9 Å². The third kappa shape index (κ3) is 3.01. The van der Waals surface area contributed by atoms with Gasteiger partial charge < -0.3 is 10.5 Å². The molecule has 1 rings (SSSR count). The standard InChI is InChI=1S/C10H12FN3O2/c1-6(2)13-14-8(10(15)16)7-4-3-5-12-9(7)11/h3-6,13H,1-2H3,(H,15,16). The van der Waals surface area contributed by atoms with Gasteiger partial charge in [0.1, 0.15) is 0 Å². The van der Waals surface area contributed by atoms with E-state index in [1.165, 1.54) is 18.3 Å². The van der Waals surface area contributed by atoms with Crippen molar-refractivity contribution in [2.24, 2.45) is 5.10 Å². The Labute approximate surface area is 92.0 Å². The van der Waals surface area contributed by atoms with Crippen LogP contribution in [0.4, 0.5) is 4.39 Å². The molecule has 0 unspecified atom stereocenters. The second-order valence-corrected chi connectivity index (χ2v) is 3.39. The topological polar surface area (TPSA) is 74.6 Å². The molecule has 5 nitrogen and oxygen atoms in total. The van der Waals surface area contributed by atoms with E-state index in [0.29, 0.717) is 0 Å². The van der Waals surface area contributed by atoms with Crippen LogP contribution in [-0.2, 0) is 4.79 Å². The number of pyridine rings is 1. The molecule has 0 fully saturated rings. The van der Waals surface area contributed by atoms with Crippen molar-refractivity contribution in [2.75, 3.05) is 0 Å². The number of hydrazone groups is 1. The number of aromatic nitrogens is 1. The summed E-state index contributed by atoms with van der Waals surface area (Å²) in [5, 5.41) is 12.5. The van der Waals surface area contributed by atoms with Crippen LogP contribution in [-0.4, -0.2) is 27.8 Å². The van der Waals surface area contributed by atoms with Gasteiger partial charge in [-0.05, 0) is 26.0 Å². The predicted octanol–water partition coefficient (Wildman–Crippen LogP) is 1.01. The van der Waals surface area contributed by atoms with Crippen molar-refractivity contribution in [3.05, 3.63) is 29.8 Å². The summed E-state index contributed by atoms with van der Waals surface area (Å²) in [6, 6.07) is 2.73. The van der Waals surface area contributed by atoms with E-state index in [4.69, 9.17) is 5.11 Å². The molecule has 16 heavy (non-hydrogen) atoms. The zero-order chi connectivity index (χ0) is 12.1. The molecule has 0 radical (unpaired) electrons. The maximum atomic E-state index is 13.2. The minimum atomic E-state index is -1.31. The molecule has 1 heterocycles. The average molecular weight is 225 g/mol. The highest BCUT2D eigenvalue weighted by molar-refractivity contribution is 6.42. The molecule has 0 saturated heterocycles. The summed E-state index contributed by atoms with van der Waals surface area (Å²) >= 11 is 0. The van der Waals surface area contributed by atoms with E-state index in [9.17, 15) is 9.18 Å². The molecule has 86 valence electrons. The van der Waals surface area contributed by atoms with Gasteiger partial charge in [0, 0.05) is 12.2 Å². The highest BCUT2D eigenvalue weighted by Gasteiger charge is 2.17. The Morgan fingerprint density at radius 1 is 1.62 bits per heavy atom. The van der Waals surface area contributed by atoms with E-state index in [-0.39, 0.29) is 17.3 Å². The second kappa shape index (κ2) is 5.20. The van der Waals surface area contributed by atoms with E-state index in [1.807, 2.05) is 0 Å². The van der Waals surface area contributed by atoms with Crippen LogP contribution in [0.25, 0.3) is 0 Å². The second-order valence-electron chi connectivity index (χ2n) is 3.39. The quantitative estimate of drug-likeness (QED) is 0.455. The Morgan fingerprint density at radius 3 is 2.81 bits per heavy atom. The van der Waals surface area contributed by atoms with E-state index < -0.39 is 11.9 Å². The zero-order valence-corrected chi connectivity index (χ0v) is 8.94. The van der Waals surface area contributed by atoms with Crippen molar-refractivity contribution in [3.63, 3.8) is 0 Å². The third-order valence-corrected chi connectivity index (χ3v) is 1.65. The molecular formula is C10H12FN3O2. The molecule has 0 aliphatic carbocycles. The van der Waals surface area contributed by atoms with E-state index >= 15 is 0 Å². The Bertz CT molecular complexity index is 418. The van der Waals surface area contributed by atoms with Crippen LogP contribution < -0.4 is 5.43 Å². The van der Waals surface area contributed by atoms with Gasteiger partial charge in [-0.2, -0.15) is 9.49 Å². The summed E-state index contributed by atoms with van der Waals surface area (Å²) in [7, 11) is 0. The Morgan fingerprint density at radius 2 is 2.31 bits per heavy atom. The molecule has 0 spiro atoms. The monoisotopic (exact) mass is 225 g/mol. The van der Waals surface area contributed by atoms with E-state index in [1.54, 1.807) is 13.8 Å². The lowest BCUT2D eigenvalue weighted by atomic mass is 10.2. The predicted molar refractivity (Wildman–Crippen MR) is 56.6 cm³/mol. The van der Waals surface area contributed by atoms with Gasteiger partial charge in [-0.3, -0.25) is 0 Å².